The zero-order valence-electron chi connectivity index (χ0n) is 11.7. The zero-order chi connectivity index (χ0) is 14.6. The van der Waals surface area contributed by atoms with Gasteiger partial charge in [-0.1, -0.05) is 12.1 Å². The van der Waals surface area contributed by atoms with E-state index < -0.39 is 17.7 Å². The largest absolute Gasteiger partial charge is 0.444 e. The van der Waals surface area contributed by atoms with Crippen LogP contribution >= 0.6 is 0 Å². The molecule has 0 saturated carbocycles. The smallest absolute Gasteiger partial charge is 0.407 e. The van der Waals surface area contributed by atoms with Gasteiger partial charge in [0, 0.05) is 12.1 Å². The molecule has 0 aromatic heterocycles. The fraction of sp³-hybridized carbons (Fsp3) is 0.500. The van der Waals surface area contributed by atoms with Crippen molar-refractivity contribution in [3.05, 3.63) is 35.6 Å². The maximum Gasteiger partial charge on any atom is 0.407 e. The van der Waals surface area contributed by atoms with Crippen LogP contribution in [0.25, 0.3) is 0 Å². The molecule has 2 unspecified atom stereocenters. The van der Waals surface area contributed by atoms with E-state index in [1.807, 2.05) is 0 Å². The highest BCUT2D eigenvalue weighted by atomic mass is 19.1. The van der Waals surface area contributed by atoms with Crippen LogP contribution in [0.2, 0.25) is 0 Å². The lowest BCUT2D eigenvalue weighted by molar-refractivity contribution is 0.0501. The second-order valence-electron chi connectivity index (χ2n) is 5.51. The lowest BCUT2D eigenvalue weighted by atomic mass is 10.0. The Labute approximate surface area is 113 Å². The van der Waals surface area contributed by atoms with Gasteiger partial charge in [0.25, 0.3) is 0 Å². The number of carbonyl (C=O) groups is 1. The van der Waals surface area contributed by atoms with Crippen LogP contribution in [0.5, 0.6) is 0 Å². The molecule has 1 amide bonds. The van der Waals surface area contributed by atoms with Crippen LogP contribution in [0.4, 0.5) is 9.18 Å². The molecule has 5 heteroatoms. The molecule has 0 radical (unpaired) electrons. The summed E-state index contributed by atoms with van der Waals surface area (Å²) >= 11 is 0. The van der Waals surface area contributed by atoms with Crippen molar-refractivity contribution >= 4 is 6.09 Å². The monoisotopic (exact) mass is 268 g/mol. The van der Waals surface area contributed by atoms with Crippen LogP contribution in [-0.2, 0) is 4.74 Å². The van der Waals surface area contributed by atoms with Gasteiger partial charge < -0.3 is 15.8 Å². The maximum absolute atomic E-state index is 12.8. The molecule has 0 aliphatic rings. The van der Waals surface area contributed by atoms with E-state index in [4.69, 9.17) is 10.5 Å². The molecule has 2 atom stereocenters. The standard InChI is InChI=1S/C14H21FN2O2/c1-9(17-13(18)19-14(2,3)4)12(16)10-5-7-11(15)8-6-10/h5-9,12H,16H2,1-4H3,(H,17,18). The minimum absolute atomic E-state index is 0.316. The van der Waals surface area contributed by atoms with Gasteiger partial charge in [-0.05, 0) is 45.4 Å². The van der Waals surface area contributed by atoms with E-state index in [0.717, 1.165) is 5.56 Å². The Morgan fingerprint density at radius 3 is 2.32 bits per heavy atom. The van der Waals surface area contributed by atoms with Crippen molar-refractivity contribution in [1.29, 1.82) is 0 Å². The fourth-order valence-electron chi connectivity index (χ4n) is 1.56. The van der Waals surface area contributed by atoms with E-state index in [1.165, 1.54) is 12.1 Å². The Morgan fingerprint density at radius 1 is 1.32 bits per heavy atom. The predicted octanol–water partition coefficient (Wildman–Crippen LogP) is 2.74. The molecule has 1 aromatic rings. The Morgan fingerprint density at radius 2 is 1.84 bits per heavy atom. The molecule has 4 nitrogen and oxygen atoms in total. The highest BCUT2D eigenvalue weighted by Gasteiger charge is 2.21. The van der Waals surface area contributed by atoms with E-state index in [9.17, 15) is 9.18 Å². The highest BCUT2D eigenvalue weighted by Crippen LogP contribution is 2.15. The van der Waals surface area contributed by atoms with Gasteiger partial charge in [-0.3, -0.25) is 0 Å². The Hall–Kier alpha value is -1.62. The van der Waals surface area contributed by atoms with Crippen LogP contribution in [0.15, 0.2) is 24.3 Å². The number of hydrogen-bond donors (Lipinski definition) is 2. The van der Waals surface area contributed by atoms with Crippen molar-refractivity contribution in [2.45, 2.75) is 45.4 Å². The van der Waals surface area contributed by atoms with Crippen LogP contribution < -0.4 is 11.1 Å². The summed E-state index contributed by atoms with van der Waals surface area (Å²) in [5.41, 5.74) is 6.21. The third kappa shape index (κ3) is 5.26. The summed E-state index contributed by atoms with van der Waals surface area (Å²) < 4.78 is 18.0. The summed E-state index contributed by atoms with van der Waals surface area (Å²) in [4.78, 5) is 11.6. The molecule has 106 valence electrons. The minimum atomic E-state index is -0.552. The molecule has 0 aliphatic carbocycles. The van der Waals surface area contributed by atoms with E-state index in [2.05, 4.69) is 5.32 Å². The Kier molecular flexibility index (Phi) is 4.89. The molecule has 1 rings (SSSR count). The second kappa shape index (κ2) is 6.02. The Bertz CT molecular complexity index is 426. The predicted molar refractivity (Wildman–Crippen MR) is 72.2 cm³/mol. The molecule has 19 heavy (non-hydrogen) atoms. The van der Waals surface area contributed by atoms with Gasteiger partial charge in [-0.25, -0.2) is 9.18 Å². The molecule has 0 bridgehead atoms. The number of amides is 1. The molecular weight excluding hydrogens is 247 g/mol. The molecule has 0 aliphatic heterocycles. The van der Waals surface area contributed by atoms with Crippen LogP contribution in [0.1, 0.15) is 39.3 Å². The van der Waals surface area contributed by atoms with Crippen LogP contribution in [-0.4, -0.2) is 17.7 Å². The van der Waals surface area contributed by atoms with Gasteiger partial charge in [-0.2, -0.15) is 0 Å². The highest BCUT2D eigenvalue weighted by molar-refractivity contribution is 5.68. The molecule has 0 heterocycles. The van der Waals surface area contributed by atoms with E-state index in [-0.39, 0.29) is 11.9 Å². The minimum Gasteiger partial charge on any atom is -0.444 e. The second-order valence-corrected chi connectivity index (χ2v) is 5.51. The van der Waals surface area contributed by atoms with Gasteiger partial charge in [0.1, 0.15) is 11.4 Å². The van der Waals surface area contributed by atoms with Crippen LogP contribution in [0, 0.1) is 5.82 Å². The van der Waals surface area contributed by atoms with E-state index in [0.29, 0.717) is 0 Å². The summed E-state index contributed by atoms with van der Waals surface area (Å²) in [6.45, 7) is 7.14. The fourth-order valence-corrected chi connectivity index (χ4v) is 1.56. The number of benzene rings is 1. The Balaban J connectivity index is 2.60. The van der Waals surface area contributed by atoms with E-state index in [1.54, 1.807) is 39.8 Å². The number of halogens is 1. The van der Waals surface area contributed by atoms with Crippen molar-refractivity contribution < 1.29 is 13.9 Å². The molecule has 0 spiro atoms. The molecule has 0 saturated heterocycles. The van der Waals surface area contributed by atoms with Crippen molar-refractivity contribution in [3.63, 3.8) is 0 Å². The van der Waals surface area contributed by atoms with Gasteiger partial charge >= 0.3 is 6.09 Å². The van der Waals surface area contributed by atoms with Crippen molar-refractivity contribution in [2.24, 2.45) is 5.73 Å². The summed E-state index contributed by atoms with van der Waals surface area (Å²) in [7, 11) is 0. The first-order chi connectivity index (χ1) is 8.69. The first-order valence-electron chi connectivity index (χ1n) is 6.19. The average Bonchev–Trinajstić information content (AvgIpc) is 2.26. The number of carbonyl (C=O) groups excluding carboxylic acids is 1. The third-order valence-corrected chi connectivity index (χ3v) is 2.54. The zero-order valence-corrected chi connectivity index (χ0v) is 11.7. The van der Waals surface area contributed by atoms with Crippen LogP contribution in [0.3, 0.4) is 0 Å². The van der Waals surface area contributed by atoms with Gasteiger partial charge in [-0.15, -0.1) is 0 Å². The quantitative estimate of drug-likeness (QED) is 0.886. The summed E-state index contributed by atoms with van der Waals surface area (Å²) in [6, 6.07) is 5.15. The summed E-state index contributed by atoms with van der Waals surface area (Å²) in [5.74, 6) is -0.316. The molecular formula is C14H21FN2O2. The third-order valence-electron chi connectivity index (χ3n) is 2.54. The molecule has 3 N–H and O–H groups in total. The lowest BCUT2D eigenvalue weighted by Gasteiger charge is -2.25. The topological polar surface area (TPSA) is 64.3 Å². The molecule has 0 fully saturated rings. The molecule has 1 aromatic carbocycles. The maximum atomic E-state index is 12.8. The number of ether oxygens (including phenoxy) is 1. The van der Waals surface area contributed by atoms with Crippen molar-refractivity contribution in [3.8, 4) is 0 Å². The average molecular weight is 268 g/mol. The SMILES string of the molecule is CC(NC(=O)OC(C)(C)C)C(N)c1ccc(F)cc1. The number of alkyl carbamates (subject to hydrolysis) is 1. The normalized spacial score (nSPS) is 14.6. The summed E-state index contributed by atoms with van der Waals surface area (Å²) in [6.07, 6.45) is -0.516. The van der Waals surface area contributed by atoms with Gasteiger partial charge in [0.05, 0.1) is 0 Å². The summed E-state index contributed by atoms with van der Waals surface area (Å²) in [5, 5.41) is 2.67. The number of nitrogens with two attached hydrogens (primary N) is 1. The number of rotatable bonds is 3. The van der Waals surface area contributed by atoms with Crippen molar-refractivity contribution in [1.82, 2.24) is 5.32 Å². The van der Waals surface area contributed by atoms with Gasteiger partial charge in [0.15, 0.2) is 0 Å². The number of nitrogens with one attached hydrogen (secondary N) is 1. The first kappa shape index (κ1) is 15.4. The first-order valence-corrected chi connectivity index (χ1v) is 6.19. The lowest BCUT2D eigenvalue weighted by Crippen LogP contribution is -2.43. The number of hydrogen-bond acceptors (Lipinski definition) is 3. The van der Waals surface area contributed by atoms with Gasteiger partial charge in [0.2, 0.25) is 0 Å². The van der Waals surface area contributed by atoms with Crippen molar-refractivity contribution in [2.75, 3.05) is 0 Å². The van der Waals surface area contributed by atoms with E-state index >= 15 is 0 Å².